The molecule has 1 aromatic heterocycles. The van der Waals surface area contributed by atoms with E-state index in [1.807, 2.05) is 0 Å². The standard InChI is InChI=1S/C19H36N2/c1-4-5-12-16-21-17-15-20-19(21)14-11-9-7-6-8-10-13-18(2)3/h15,17-18H,4-14,16H2,1-3H3/p+1. The monoisotopic (exact) mass is 293 g/mol. The van der Waals surface area contributed by atoms with E-state index in [9.17, 15) is 0 Å². The Kier molecular flexibility index (Phi) is 10.3. The van der Waals surface area contributed by atoms with Gasteiger partial charge in [0.05, 0.1) is 6.54 Å². The summed E-state index contributed by atoms with van der Waals surface area (Å²) in [5, 5.41) is 0. The SMILES string of the molecule is CCCCC[n+]1cc[nH]c1CCCCCCCCC(C)C. The summed E-state index contributed by atoms with van der Waals surface area (Å²) in [6, 6.07) is 0. The van der Waals surface area contributed by atoms with E-state index >= 15 is 0 Å². The molecule has 0 aliphatic rings. The fraction of sp³-hybridized carbons (Fsp3) is 0.842. The molecule has 0 atom stereocenters. The molecule has 2 nitrogen and oxygen atoms in total. The van der Waals surface area contributed by atoms with Crippen molar-refractivity contribution in [1.82, 2.24) is 4.98 Å². The lowest BCUT2D eigenvalue weighted by Gasteiger charge is -2.04. The van der Waals surface area contributed by atoms with Crippen LogP contribution in [0.1, 0.15) is 90.8 Å². The zero-order valence-corrected chi connectivity index (χ0v) is 14.7. The van der Waals surface area contributed by atoms with Crippen molar-refractivity contribution >= 4 is 0 Å². The van der Waals surface area contributed by atoms with Crippen LogP contribution in [0.5, 0.6) is 0 Å². The topological polar surface area (TPSA) is 19.7 Å². The number of hydrogen-bond acceptors (Lipinski definition) is 0. The summed E-state index contributed by atoms with van der Waals surface area (Å²) in [5.41, 5.74) is 0. The van der Waals surface area contributed by atoms with Gasteiger partial charge in [-0.1, -0.05) is 65.7 Å². The van der Waals surface area contributed by atoms with Crippen LogP contribution >= 0.6 is 0 Å². The molecule has 0 fully saturated rings. The smallest absolute Gasteiger partial charge is 0.248 e. The number of H-pyrrole nitrogens is 1. The number of imidazole rings is 1. The van der Waals surface area contributed by atoms with Crippen LogP contribution in [-0.2, 0) is 13.0 Å². The molecule has 0 aromatic carbocycles. The summed E-state index contributed by atoms with van der Waals surface area (Å²) < 4.78 is 2.41. The number of aryl methyl sites for hydroxylation is 2. The van der Waals surface area contributed by atoms with Gasteiger partial charge in [0.1, 0.15) is 12.4 Å². The third kappa shape index (κ3) is 8.95. The van der Waals surface area contributed by atoms with Gasteiger partial charge in [-0.3, -0.25) is 0 Å². The summed E-state index contributed by atoms with van der Waals surface area (Å²) in [6.07, 6.45) is 19.3. The van der Waals surface area contributed by atoms with Gasteiger partial charge in [-0.2, -0.15) is 0 Å². The number of unbranched alkanes of at least 4 members (excludes halogenated alkanes) is 7. The first-order valence-electron chi connectivity index (χ1n) is 9.29. The Morgan fingerprint density at radius 2 is 1.67 bits per heavy atom. The molecule has 0 radical (unpaired) electrons. The second-order valence-corrected chi connectivity index (χ2v) is 6.86. The van der Waals surface area contributed by atoms with Gasteiger partial charge in [0, 0.05) is 6.42 Å². The number of aromatic nitrogens is 2. The summed E-state index contributed by atoms with van der Waals surface area (Å²) in [4.78, 5) is 3.42. The maximum absolute atomic E-state index is 3.42. The Morgan fingerprint density at radius 1 is 0.952 bits per heavy atom. The predicted octanol–water partition coefficient (Wildman–Crippen LogP) is 5.42. The lowest BCUT2D eigenvalue weighted by molar-refractivity contribution is -0.703. The van der Waals surface area contributed by atoms with Crippen molar-refractivity contribution in [3.8, 4) is 0 Å². The second kappa shape index (κ2) is 11.8. The first-order chi connectivity index (χ1) is 10.2. The fourth-order valence-corrected chi connectivity index (χ4v) is 2.91. The molecule has 0 saturated carbocycles. The number of hydrogen-bond donors (Lipinski definition) is 1. The Labute approximate surface area is 132 Å². The normalized spacial score (nSPS) is 11.4. The maximum Gasteiger partial charge on any atom is 0.254 e. The summed E-state index contributed by atoms with van der Waals surface area (Å²) in [7, 11) is 0. The van der Waals surface area contributed by atoms with E-state index in [2.05, 4.69) is 42.7 Å². The molecule has 122 valence electrons. The van der Waals surface area contributed by atoms with Crippen LogP contribution in [0.2, 0.25) is 0 Å². The Morgan fingerprint density at radius 3 is 2.38 bits per heavy atom. The third-order valence-electron chi connectivity index (χ3n) is 4.30. The quantitative estimate of drug-likeness (QED) is 0.370. The van der Waals surface area contributed by atoms with Crippen molar-refractivity contribution in [2.24, 2.45) is 5.92 Å². The molecule has 0 bridgehead atoms. The minimum absolute atomic E-state index is 0.876. The van der Waals surface area contributed by atoms with Gasteiger partial charge in [0.2, 0.25) is 0 Å². The zero-order valence-electron chi connectivity index (χ0n) is 14.7. The minimum Gasteiger partial charge on any atom is -0.248 e. The van der Waals surface area contributed by atoms with Gasteiger partial charge < -0.3 is 0 Å². The van der Waals surface area contributed by atoms with E-state index in [1.165, 1.54) is 83.0 Å². The number of aromatic amines is 1. The number of nitrogens with one attached hydrogen (secondary N) is 1. The molecule has 0 unspecified atom stereocenters. The second-order valence-electron chi connectivity index (χ2n) is 6.86. The zero-order chi connectivity index (χ0) is 15.3. The first-order valence-corrected chi connectivity index (χ1v) is 9.29. The van der Waals surface area contributed by atoms with Gasteiger partial charge >= 0.3 is 0 Å². The summed E-state index contributed by atoms with van der Waals surface area (Å²) >= 11 is 0. The molecular formula is C19H37N2+. The van der Waals surface area contributed by atoms with Crippen LogP contribution in [0.3, 0.4) is 0 Å². The van der Waals surface area contributed by atoms with E-state index in [4.69, 9.17) is 0 Å². The van der Waals surface area contributed by atoms with Crippen LogP contribution < -0.4 is 4.57 Å². The Balaban J connectivity index is 2.03. The molecule has 0 aliphatic carbocycles. The molecular weight excluding hydrogens is 256 g/mol. The number of rotatable bonds is 13. The van der Waals surface area contributed by atoms with E-state index in [0.717, 1.165) is 5.92 Å². The van der Waals surface area contributed by atoms with Gasteiger partial charge in [0.15, 0.2) is 0 Å². The average Bonchev–Trinajstić information content (AvgIpc) is 2.89. The van der Waals surface area contributed by atoms with E-state index < -0.39 is 0 Å². The van der Waals surface area contributed by atoms with E-state index in [1.54, 1.807) is 0 Å². The molecule has 0 amide bonds. The molecule has 21 heavy (non-hydrogen) atoms. The summed E-state index contributed by atoms with van der Waals surface area (Å²) in [5.74, 6) is 2.30. The van der Waals surface area contributed by atoms with Crippen LogP contribution in [0.15, 0.2) is 12.4 Å². The summed E-state index contributed by atoms with van der Waals surface area (Å²) in [6.45, 7) is 8.10. The highest BCUT2D eigenvalue weighted by Gasteiger charge is 2.09. The van der Waals surface area contributed by atoms with Crippen molar-refractivity contribution < 1.29 is 4.57 Å². The van der Waals surface area contributed by atoms with Crippen molar-refractivity contribution in [2.75, 3.05) is 0 Å². The number of nitrogens with zero attached hydrogens (tertiary/aromatic N) is 1. The Bertz CT molecular complexity index is 341. The highest BCUT2D eigenvalue weighted by atomic mass is 15.1. The average molecular weight is 294 g/mol. The van der Waals surface area contributed by atoms with Crippen LogP contribution in [0.4, 0.5) is 0 Å². The van der Waals surface area contributed by atoms with Crippen molar-refractivity contribution in [3.63, 3.8) is 0 Å². The van der Waals surface area contributed by atoms with E-state index in [-0.39, 0.29) is 0 Å². The lowest BCUT2D eigenvalue weighted by Crippen LogP contribution is -2.36. The molecule has 0 spiro atoms. The maximum atomic E-state index is 3.42. The molecule has 1 aromatic rings. The molecule has 0 aliphatic heterocycles. The van der Waals surface area contributed by atoms with Crippen LogP contribution in [0, 0.1) is 5.92 Å². The third-order valence-corrected chi connectivity index (χ3v) is 4.30. The molecule has 1 heterocycles. The van der Waals surface area contributed by atoms with Gasteiger partial charge in [-0.05, 0) is 25.2 Å². The largest absolute Gasteiger partial charge is 0.254 e. The molecule has 0 saturated heterocycles. The van der Waals surface area contributed by atoms with Crippen LogP contribution in [-0.4, -0.2) is 4.98 Å². The highest BCUT2D eigenvalue weighted by molar-refractivity contribution is 4.77. The minimum atomic E-state index is 0.876. The van der Waals surface area contributed by atoms with Gasteiger partial charge in [-0.15, -0.1) is 0 Å². The molecule has 1 N–H and O–H groups in total. The van der Waals surface area contributed by atoms with Crippen LogP contribution in [0.25, 0.3) is 0 Å². The van der Waals surface area contributed by atoms with Crippen molar-refractivity contribution in [3.05, 3.63) is 18.2 Å². The van der Waals surface area contributed by atoms with Gasteiger partial charge in [-0.25, -0.2) is 9.55 Å². The Hall–Kier alpha value is -0.790. The molecule has 2 heteroatoms. The molecule has 1 rings (SSSR count). The highest BCUT2D eigenvalue weighted by Crippen LogP contribution is 2.12. The van der Waals surface area contributed by atoms with Gasteiger partial charge in [0.25, 0.3) is 5.82 Å². The van der Waals surface area contributed by atoms with Crippen molar-refractivity contribution in [1.29, 1.82) is 0 Å². The lowest BCUT2D eigenvalue weighted by atomic mass is 10.0. The van der Waals surface area contributed by atoms with E-state index in [0.29, 0.717) is 0 Å². The predicted molar refractivity (Wildman–Crippen MR) is 91.4 cm³/mol. The van der Waals surface area contributed by atoms with Crippen molar-refractivity contribution in [2.45, 2.75) is 97.9 Å². The fourth-order valence-electron chi connectivity index (χ4n) is 2.91. The first kappa shape index (κ1) is 18.3.